The fourth-order valence-electron chi connectivity index (χ4n) is 3.91. The van der Waals surface area contributed by atoms with Gasteiger partial charge in [-0.3, -0.25) is 4.79 Å². The molecule has 1 saturated heterocycles. The van der Waals surface area contributed by atoms with Crippen LogP contribution < -0.4 is 9.64 Å². The lowest BCUT2D eigenvalue weighted by molar-refractivity contribution is -0.147. The number of nitrogens with zero attached hydrogens (tertiary/aromatic N) is 2. The van der Waals surface area contributed by atoms with Crippen molar-refractivity contribution in [2.75, 3.05) is 44.8 Å². The van der Waals surface area contributed by atoms with Crippen LogP contribution in [0.4, 0.5) is 5.69 Å². The van der Waals surface area contributed by atoms with Gasteiger partial charge in [0, 0.05) is 36.9 Å². The average Bonchev–Trinajstić information content (AvgIpc) is 2.91. The number of esters is 1. The molecule has 0 radical (unpaired) electrons. The summed E-state index contributed by atoms with van der Waals surface area (Å²) < 4.78 is 10.7. The van der Waals surface area contributed by atoms with Crippen molar-refractivity contribution in [3.8, 4) is 5.75 Å². The number of rotatable bonds is 7. The summed E-state index contributed by atoms with van der Waals surface area (Å²) in [6.45, 7) is 2.23. The Hall–Kier alpha value is -3.77. The van der Waals surface area contributed by atoms with E-state index in [0.29, 0.717) is 42.3 Å². The topological polar surface area (TPSA) is 59.1 Å². The number of methoxy groups -OCH3 is 1. The van der Waals surface area contributed by atoms with E-state index >= 15 is 0 Å². The highest BCUT2D eigenvalue weighted by Gasteiger charge is 2.23. The molecule has 1 amide bonds. The average molecular weight is 491 g/mol. The molecule has 0 aliphatic carbocycles. The van der Waals surface area contributed by atoms with E-state index in [4.69, 9.17) is 21.1 Å². The second-order valence-corrected chi connectivity index (χ2v) is 8.55. The largest absolute Gasteiger partial charge is 0.497 e. The zero-order chi connectivity index (χ0) is 24.6. The Labute approximate surface area is 210 Å². The molecule has 0 bridgehead atoms. The van der Waals surface area contributed by atoms with Crippen molar-refractivity contribution in [1.82, 2.24) is 4.90 Å². The fourth-order valence-corrected chi connectivity index (χ4v) is 4.03. The van der Waals surface area contributed by atoms with Gasteiger partial charge in [-0.25, -0.2) is 4.79 Å². The first-order valence-electron chi connectivity index (χ1n) is 11.4. The van der Waals surface area contributed by atoms with Crippen molar-refractivity contribution < 1.29 is 19.1 Å². The van der Waals surface area contributed by atoms with Crippen LogP contribution in [0.2, 0.25) is 5.02 Å². The molecule has 0 aromatic heterocycles. The monoisotopic (exact) mass is 490 g/mol. The smallest absolute Gasteiger partial charge is 0.339 e. The molecule has 0 saturated carbocycles. The molecule has 1 aliphatic heterocycles. The van der Waals surface area contributed by atoms with Crippen LogP contribution in [-0.2, 0) is 14.3 Å². The number of carbonyl (C=O) groups excluding carboxylic acids is 2. The van der Waals surface area contributed by atoms with E-state index in [1.54, 1.807) is 42.4 Å². The number of ether oxygens (including phenoxy) is 2. The number of carbonyl (C=O) groups is 2. The van der Waals surface area contributed by atoms with E-state index in [1.165, 1.54) is 0 Å². The molecule has 6 nitrogen and oxygen atoms in total. The molecular weight excluding hydrogens is 464 g/mol. The number of hydrogen-bond donors (Lipinski definition) is 0. The molecule has 1 aliphatic rings. The number of amides is 1. The highest BCUT2D eigenvalue weighted by molar-refractivity contribution is 6.30. The van der Waals surface area contributed by atoms with Crippen LogP contribution in [0.1, 0.15) is 11.1 Å². The van der Waals surface area contributed by atoms with Crippen molar-refractivity contribution in [1.29, 1.82) is 0 Å². The third-order valence-electron chi connectivity index (χ3n) is 5.88. The highest BCUT2D eigenvalue weighted by atomic mass is 35.5. The van der Waals surface area contributed by atoms with Gasteiger partial charge in [0.25, 0.3) is 5.91 Å². The first kappa shape index (κ1) is 24.4. The maximum atomic E-state index is 13.0. The maximum Gasteiger partial charge on any atom is 0.339 e. The molecule has 0 atom stereocenters. The Morgan fingerprint density at radius 3 is 2.17 bits per heavy atom. The van der Waals surface area contributed by atoms with Crippen molar-refractivity contribution in [2.24, 2.45) is 0 Å². The van der Waals surface area contributed by atoms with Gasteiger partial charge in [-0.15, -0.1) is 0 Å². The first-order chi connectivity index (χ1) is 17.0. The molecule has 1 fully saturated rings. The van der Waals surface area contributed by atoms with E-state index in [0.717, 1.165) is 17.0 Å². The molecule has 7 heteroatoms. The Morgan fingerprint density at radius 2 is 1.54 bits per heavy atom. The molecule has 0 unspecified atom stereocenters. The Balaban J connectivity index is 1.36. The predicted molar refractivity (Wildman–Crippen MR) is 139 cm³/mol. The molecule has 1 heterocycles. The van der Waals surface area contributed by atoms with Crippen molar-refractivity contribution >= 4 is 40.8 Å². The Bertz CT molecular complexity index is 1170. The van der Waals surface area contributed by atoms with Crippen molar-refractivity contribution in [3.63, 3.8) is 0 Å². The Kier molecular flexibility index (Phi) is 8.06. The van der Waals surface area contributed by atoms with Crippen LogP contribution in [0.5, 0.6) is 5.75 Å². The van der Waals surface area contributed by atoms with Crippen LogP contribution in [0.15, 0.2) is 78.9 Å². The molecule has 35 heavy (non-hydrogen) atoms. The van der Waals surface area contributed by atoms with Crippen LogP contribution in [0.25, 0.3) is 11.6 Å². The molecule has 4 rings (SSSR count). The van der Waals surface area contributed by atoms with Crippen LogP contribution in [0, 0.1) is 0 Å². The van der Waals surface area contributed by atoms with E-state index < -0.39 is 5.97 Å². The summed E-state index contributed by atoms with van der Waals surface area (Å²) in [7, 11) is 1.64. The maximum absolute atomic E-state index is 13.0. The second kappa shape index (κ2) is 11.6. The summed E-state index contributed by atoms with van der Waals surface area (Å²) in [6.07, 6.45) is 1.75. The minimum atomic E-state index is -0.554. The van der Waals surface area contributed by atoms with Crippen molar-refractivity contribution in [2.45, 2.75) is 0 Å². The summed E-state index contributed by atoms with van der Waals surface area (Å²) in [4.78, 5) is 29.7. The van der Waals surface area contributed by atoms with E-state index in [9.17, 15) is 9.59 Å². The highest BCUT2D eigenvalue weighted by Crippen LogP contribution is 2.23. The third kappa shape index (κ3) is 6.43. The normalized spacial score (nSPS) is 13.9. The van der Waals surface area contributed by atoms with Gasteiger partial charge in [0.1, 0.15) is 5.75 Å². The standard InChI is InChI=1S/C28H27ClN2O4/c1-34-25-13-11-24(12-14-25)30-15-17-31(18-16-30)27(32)20-35-28(33)26(19-21-5-3-2-4-6-21)22-7-9-23(29)10-8-22/h2-14,19H,15-18,20H2,1H3/b26-19+. The number of anilines is 1. The van der Waals surface area contributed by atoms with Crippen molar-refractivity contribution in [3.05, 3.63) is 95.0 Å². The van der Waals surface area contributed by atoms with Gasteiger partial charge in [-0.1, -0.05) is 54.1 Å². The van der Waals surface area contributed by atoms with Crippen LogP contribution in [-0.4, -0.2) is 56.7 Å². The predicted octanol–water partition coefficient (Wildman–Crippen LogP) is 4.78. The summed E-state index contributed by atoms with van der Waals surface area (Å²) in [5.41, 5.74) is 2.98. The zero-order valence-corrected chi connectivity index (χ0v) is 20.3. The lowest BCUT2D eigenvalue weighted by Gasteiger charge is -2.36. The van der Waals surface area contributed by atoms with Gasteiger partial charge in [0.15, 0.2) is 6.61 Å². The number of halogens is 1. The SMILES string of the molecule is COc1ccc(N2CCN(C(=O)COC(=O)/C(=C/c3ccccc3)c3ccc(Cl)cc3)CC2)cc1. The third-order valence-corrected chi connectivity index (χ3v) is 6.13. The van der Waals surface area contributed by atoms with E-state index in [-0.39, 0.29) is 12.5 Å². The first-order valence-corrected chi connectivity index (χ1v) is 11.8. The minimum absolute atomic E-state index is 0.206. The molecule has 3 aromatic carbocycles. The molecule has 0 N–H and O–H groups in total. The van der Waals surface area contributed by atoms with Crippen LogP contribution >= 0.6 is 11.6 Å². The van der Waals surface area contributed by atoms with Gasteiger partial charge in [-0.2, -0.15) is 0 Å². The van der Waals surface area contributed by atoms with Gasteiger partial charge in [-0.05, 0) is 53.6 Å². The summed E-state index contributed by atoms with van der Waals surface area (Å²) in [6, 6.07) is 24.3. The Morgan fingerprint density at radius 1 is 0.886 bits per heavy atom. The fraction of sp³-hybridized carbons (Fsp3) is 0.214. The molecule has 3 aromatic rings. The lowest BCUT2D eigenvalue weighted by Crippen LogP contribution is -2.49. The van der Waals surface area contributed by atoms with Crippen LogP contribution in [0.3, 0.4) is 0 Å². The summed E-state index contributed by atoms with van der Waals surface area (Å²) in [5.74, 6) is 0.0490. The van der Waals surface area contributed by atoms with E-state index in [1.807, 2.05) is 54.6 Å². The van der Waals surface area contributed by atoms with Gasteiger partial charge >= 0.3 is 5.97 Å². The molecule has 180 valence electrons. The quantitative estimate of drug-likeness (QED) is 0.271. The number of piperazine rings is 1. The van der Waals surface area contributed by atoms with Gasteiger partial charge < -0.3 is 19.3 Å². The molecular formula is C28H27ClN2O4. The summed E-state index contributed by atoms with van der Waals surface area (Å²) >= 11 is 6.01. The van der Waals surface area contributed by atoms with Gasteiger partial charge in [0.05, 0.1) is 12.7 Å². The van der Waals surface area contributed by atoms with E-state index in [2.05, 4.69) is 4.90 Å². The van der Waals surface area contributed by atoms with Gasteiger partial charge in [0.2, 0.25) is 0 Å². The summed E-state index contributed by atoms with van der Waals surface area (Å²) in [5, 5.41) is 0.574. The number of hydrogen-bond acceptors (Lipinski definition) is 5. The minimum Gasteiger partial charge on any atom is -0.497 e. The zero-order valence-electron chi connectivity index (χ0n) is 19.5. The molecule has 0 spiro atoms. The second-order valence-electron chi connectivity index (χ2n) is 8.12. The lowest BCUT2D eigenvalue weighted by atomic mass is 10.0. The number of benzene rings is 3.